The number of rotatable bonds is 5. The summed E-state index contributed by atoms with van der Waals surface area (Å²) in [4.78, 5) is 31.5. The number of nitrogens with zero attached hydrogens (tertiary/aromatic N) is 2. The number of carbonyl (C=O) groups is 1. The summed E-state index contributed by atoms with van der Waals surface area (Å²) in [7, 11) is 1.67. The van der Waals surface area contributed by atoms with Gasteiger partial charge >= 0.3 is 0 Å². The predicted molar refractivity (Wildman–Crippen MR) is 84.7 cm³/mol. The van der Waals surface area contributed by atoms with Crippen LogP contribution in [0.1, 0.15) is 26.0 Å². The monoisotopic (exact) mass is 308 g/mol. The molecule has 0 fully saturated rings. The molecule has 0 aromatic carbocycles. The Morgan fingerprint density at radius 1 is 1.57 bits per heavy atom. The van der Waals surface area contributed by atoms with Gasteiger partial charge < -0.3 is 10.3 Å². The Morgan fingerprint density at radius 2 is 2.29 bits per heavy atom. The summed E-state index contributed by atoms with van der Waals surface area (Å²) in [5, 5.41) is 3.44. The molecule has 0 saturated carbocycles. The fraction of sp³-hybridized carbons (Fsp3) is 0.500. The number of aromatic nitrogens is 3. The van der Waals surface area contributed by atoms with Gasteiger partial charge in [-0.3, -0.25) is 14.2 Å². The fourth-order valence-corrected chi connectivity index (χ4v) is 2.72. The van der Waals surface area contributed by atoms with Crippen LogP contribution in [0.25, 0.3) is 11.0 Å². The maximum atomic E-state index is 12.2. The molecule has 0 aliphatic rings. The quantitative estimate of drug-likeness (QED) is 0.649. The maximum absolute atomic E-state index is 12.2. The van der Waals surface area contributed by atoms with Gasteiger partial charge in [0, 0.05) is 18.8 Å². The standard InChI is InChI=1S/C14H20N4O2S/c1-5-8(2)15-11(19)7-21-14-17-10-6-9(3)16-12(10)13(20)18(14)4/h6,8,16H,5,7H2,1-4H3,(H,15,19). The van der Waals surface area contributed by atoms with Crippen molar-refractivity contribution in [2.75, 3.05) is 5.75 Å². The number of carbonyl (C=O) groups excluding carboxylic acids is 1. The smallest absolute Gasteiger partial charge is 0.278 e. The molecule has 1 unspecified atom stereocenters. The van der Waals surface area contributed by atoms with Crippen LogP contribution in [0, 0.1) is 6.92 Å². The van der Waals surface area contributed by atoms with E-state index in [-0.39, 0.29) is 23.3 Å². The van der Waals surface area contributed by atoms with E-state index in [1.807, 2.05) is 26.8 Å². The molecule has 114 valence electrons. The number of amides is 1. The van der Waals surface area contributed by atoms with Crippen molar-refractivity contribution < 1.29 is 4.79 Å². The van der Waals surface area contributed by atoms with E-state index in [2.05, 4.69) is 15.3 Å². The van der Waals surface area contributed by atoms with Gasteiger partial charge in [-0.25, -0.2) is 4.98 Å². The Hall–Kier alpha value is -1.76. The Kier molecular flexibility index (Phi) is 4.72. The van der Waals surface area contributed by atoms with Crippen LogP contribution >= 0.6 is 11.8 Å². The molecule has 0 aliphatic carbocycles. The SMILES string of the molecule is CCC(C)NC(=O)CSc1nc2cc(C)[nH]c2c(=O)n1C. The lowest BCUT2D eigenvalue weighted by atomic mass is 10.3. The Morgan fingerprint density at radius 3 is 2.95 bits per heavy atom. The number of aryl methyl sites for hydroxylation is 1. The third-order valence-corrected chi connectivity index (χ3v) is 4.34. The van der Waals surface area contributed by atoms with Gasteiger partial charge in [-0.1, -0.05) is 18.7 Å². The molecular weight excluding hydrogens is 288 g/mol. The van der Waals surface area contributed by atoms with Crippen molar-refractivity contribution in [1.82, 2.24) is 19.9 Å². The molecule has 2 N–H and O–H groups in total. The lowest BCUT2D eigenvalue weighted by Crippen LogP contribution is -2.33. The van der Waals surface area contributed by atoms with Crippen LogP contribution in [-0.2, 0) is 11.8 Å². The largest absolute Gasteiger partial charge is 0.353 e. The molecule has 0 saturated heterocycles. The molecule has 2 aromatic rings. The summed E-state index contributed by atoms with van der Waals surface area (Å²) in [6, 6.07) is 1.99. The van der Waals surface area contributed by atoms with Crippen molar-refractivity contribution in [1.29, 1.82) is 0 Å². The van der Waals surface area contributed by atoms with Crippen molar-refractivity contribution >= 4 is 28.7 Å². The lowest BCUT2D eigenvalue weighted by molar-refractivity contribution is -0.119. The van der Waals surface area contributed by atoms with Crippen LogP contribution in [0.5, 0.6) is 0 Å². The molecule has 0 spiro atoms. The zero-order valence-corrected chi connectivity index (χ0v) is 13.5. The predicted octanol–water partition coefficient (Wildman–Crippen LogP) is 1.58. The molecule has 0 bridgehead atoms. The number of H-pyrrole nitrogens is 1. The van der Waals surface area contributed by atoms with E-state index in [0.29, 0.717) is 16.2 Å². The molecule has 21 heavy (non-hydrogen) atoms. The summed E-state index contributed by atoms with van der Waals surface area (Å²) < 4.78 is 1.47. The number of hydrogen-bond donors (Lipinski definition) is 2. The van der Waals surface area contributed by atoms with Gasteiger partial charge in [0.15, 0.2) is 5.16 Å². The van der Waals surface area contributed by atoms with E-state index < -0.39 is 0 Å². The van der Waals surface area contributed by atoms with E-state index in [1.54, 1.807) is 7.05 Å². The average molecular weight is 308 g/mol. The first-order valence-electron chi connectivity index (χ1n) is 6.90. The van der Waals surface area contributed by atoms with Crippen molar-refractivity contribution in [3.8, 4) is 0 Å². The third kappa shape index (κ3) is 3.47. The second-order valence-electron chi connectivity index (χ2n) is 5.14. The molecule has 2 heterocycles. The van der Waals surface area contributed by atoms with Gasteiger partial charge in [-0.05, 0) is 26.3 Å². The molecule has 1 atom stereocenters. The van der Waals surface area contributed by atoms with Gasteiger partial charge in [-0.15, -0.1) is 0 Å². The molecule has 0 aliphatic heterocycles. The van der Waals surface area contributed by atoms with E-state index in [9.17, 15) is 9.59 Å². The molecule has 7 heteroatoms. The second-order valence-corrected chi connectivity index (χ2v) is 6.08. The Labute approximate surface area is 127 Å². The van der Waals surface area contributed by atoms with Crippen LogP contribution in [0.2, 0.25) is 0 Å². The molecular formula is C14H20N4O2S. The van der Waals surface area contributed by atoms with E-state index in [0.717, 1.165) is 12.1 Å². The normalized spacial score (nSPS) is 12.6. The van der Waals surface area contributed by atoms with E-state index >= 15 is 0 Å². The van der Waals surface area contributed by atoms with Crippen LogP contribution in [0.4, 0.5) is 0 Å². The molecule has 1 amide bonds. The van der Waals surface area contributed by atoms with Crippen molar-refractivity contribution in [2.45, 2.75) is 38.4 Å². The first kappa shape index (κ1) is 15.6. The van der Waals surface area contributed by atoms with Gasteiger partial charge in [0.1, 0.15) is 5.52 Å². The topological polar surface area (TPSA) is 79.8 Å². The van der Waals surface area contributed by atoms with Crippen LogP contribution in [-0.4, -0.2) is 32.2 Å². The highest BCUT2D eigenvalue weighted by molar-refractivity contribution is 7.99. The highest BCUT2D eigenvalue weighted by Gasteiger charge is 2.13. The molecule has 6 nitrogen and oxygen atoms in total. The van der Waals surface area contributed by atoms with Crippen molar-refractivity contribution in [3.05, 3.63) is 22.1 Å². The summed E-state index contributed by atoms with van der Waals surface area (Å²) in [5.41, 5.74) is 1.91. The number of fused-ring (bicyclic) bond motifs is 1. The van der Waals surface area contributed by atoms with Gasteiger partial charge in [0.25, 0.3) is 5.56 Å². The van der Waals surface area contributed by atoms with Crippen LogP contribution in [0.15, 0.2) is 16.0 Å². The lowest BCUT2D eigenvalue weighted by Gasteiger charge is -2.11. The zero-order chi connectivity index (χ0) is 15.6. The molecule has 2 rings (SSSR count). The van der Waals surface area contributed by atoms with E-state index in [1.165, 1.54) is 16.3 Å². The third-order valence-electron chi connectivity index (χ3n) is 3.31. The first-order valence-corrected chi connectivity index (χ1v) is 7.89. The number of aromatic amines is 1. The van der Waals surface area contributed by atoms with Gasteiger partial charge in [-0.2, -0.15) is 0 Å². The van der Waals surface area contributed by atoms with E-state index in [4.69, 9.17) is 0 Å². The van der Waals surface area contributed by atoms with Gasteiger partial charge in [0.2, 0.25) is 5.91 Å². The highest BCUT2D eigenvalue weighted by Crippen LogP contribution is 2.17. The number of thioether (sulfide) groups is 1. The zero-order valence-electron chi connectivity index (χ0n) is 12.7. The first-order chi connectivity index (χ1) is 9.92. The Balaban J connectivity index is 2.17. The summed E-state index contributed by atoms with van der Waals surface area (Å²) in [5.74, 6) is 0.202. The van der Waals surface area contributed by atoms with Crippen LogP contribution < -0.4 is 10.9 Å². The highest BCUT2D eigenvalue weighted by atomic mass is 32.2. The number of hydrogen-bond acceptors (Lipinski definition) is 4. The van der Waals surface area contributed by atoms with Crippen molar-refractivity contribution in [3.63, 3.8) is 0 Å². The minimum atomic E-state index is -0.127. The minimum Gasteiger partial charge on any atom is -0.353 e. The Bertz CT molecular complexity index is 720. The average Bonchev–Trinajstić information content (AvgIpc) is 2.82. The summed E-state index contributed by atoms with van der Waals surface area (Å²) >= 11 is 1.27. The minimum absolute atomic E-state index is 0.0473. The van der Waals surface area contributed by atoms with Crippen molar-refractivity contribution in [2.24, 2.45) is 7.05 Å². The molecule has 2 aromatic heterocycles. The van der Waals surface area contributed by atoms with Gasteiger partial charge in [0.05, 0.1) is 11.3 Å². The summed E-state index contributed by atoms with van der Waals surface area (Å²) in [6.07, 6.45) is 0.891. The van der Waals surface area contributed by atoms with Crippen LogP contribution in [0.3, 0.4) is 0 Å². The fourth-order valence-electron chi connectivity index (χ4n) is 1.94. The molecule has 0 radical (unpaired) electrons. The maximum Gasteiger partial charge on any atom is 0.278 e. The summed E-state index contributed by atoms with van der Waals surface area (Å²) in [6.45, 7) is 5.87. The number of nitrogens with one attached hydrogen (secondary N) is 2. The second kappa shape index (κ2) is 6.34.